The molecule has 1 aromatic heterocycles. The molecule has 0 bridgehead atoms. The fourth-order valence-electron chi connectivity index (χ4n) is 2.99. The van der Waals surface area contributed by atoms with Crippen LogP contribution >= 0.6 is 27.7 Å². The lowest BCUT2D eigenvalue weighted by Crippen LogP contribution is -2.22. The molecule has 28 heavy (non-hydrogen) atoms. The van der Waals surface area contributed by atoms with Crippen molar-refractivity contribution in [2.24, 2.45) is 0 Å². The van der Waals surface area contributed by atoms with E-state index in [0.717, 1.165) is 15.7 Å². The molecule has 0 aliphatic carbocycles. The summed E-state index contributed by atoms with van der Waals surface area (Å²) >= 11 is 5.16. The van der Waals surface area contributed by atoms with E-state index in [-0.39, 0.29) is 5.56 Å². The molecule has 0 amide bonds. The van der Waals surface area contributed by atoms with E-state index in [1.165, 1.54) is 4.90 Å². The lowest BCUT2D eigenvalue weighted by Gasteiger charge is -2.11. The van der Waals surface area contributed by atoms with Crippen LogP contribution < -0.4 is 5.56 Å². The first-order chi connectivity index (χ1) is 13.7. The molecule has 3 aromatic carbocycles. The summed E-state index contributed by atoms with van der Waals surface area (Å²) in [5.74, 6) is 0.597. The molecule has 0 saturated heterocycles. The van der Waals surface area contributed by atoms with Crippen molar-refractivity contribution in [3.8, 4) is 5.69 Å². The van der Waals surface area contributed by atoms with E-state index in [1.807, 2.05) is 60.7 Å². The Morgan fingerprint density at radius 2 is 1.64 bits per heavy atom. The van der Waals surface area contributed by atoms with Crippen LogP contribution in [0.2, 0.25) is 0 Å². The Morgan fingerprint density at radius 1 is 0.929 bits per heavy atom. The molecule has 0 fully saturated rings. The molecule has 4 aromatic rings. The van der Waals surface area contributed by atoms with Gasteiger partial charge in [0, 0.05) is 9.37 Å². The first kappa shape index (κ1) is 18.7. The minimum Gasteiger partial charge on any atom is -0.268 e. The van der Waals surface area contributed by atoms with Crippen LogP contribution in [0.15, 0.2) is 87.0 Å². The number of aromatic nitrogens is 2. The number of benzene rings is 3. The second-order valence-corrected chi connectivity index (χ2v) is 8.01. The van der Waals surface area contributed by atoms with Crippen LogP contribution in [0.25, 0.3) is 28.7 Å². The summed E-state index contributed by atoms with van der Waals surface area (Å²) in [6.07, 6.45) is 5.93. The highest BCUT2D eigenvalue weighted by molar-refractivity contribution is 9.10. The highest BCUT2D eigenvalue weighted by atomic mass is 79.9. The molecule has 3 nitrogen and oxygen atoms in total. The van der Waals surface area contributed by atoms with Crippen molar-refractivity contribution >= 4 is 50.7 Å². The number of para-hydroxylation sites is 1. The number of thioether (sulfide) groups is 1. The zero-order chi connectivity index (χ0) is 19.5. The maximum atomic E-state index is 13.2. The Balaban J connectivity index is 1.87. The normalized spacial score (nSPS) is 11.4. The molecule has 0 atom stereocenters. The largest absolute Gasteiger partial charge is 0.268 e. The van der Waals surface area contributed by atoms with Gasteiger partial charge in [-0.1, -0.05) is 46.3 Å². The molecule has 138 valence electrons. The van der Waals surface area contributed by atoms with Crippen molar-refractivity contribution in [1.29, 1.82) is 0 Å². The fourth-order valence-corrected chi connectivity index (χ4v) is 3.66. The third kappa shape index (κ3) is 3.81. The van der Waals surface area contributed by atoms with Gasteiger partial charge < -0.3 is 0 Å². The van der Waals surface area contributed by atoms with E-state index in [2.05, 4.69) is 46.5 Å². The van der Waals surface area contributed by atoms with E-state index >= 15 is 0 Å². The van der Waals surface area contributed by atoms with Crippen LogP contribution in [0.1, 0.15) is 11.4 Å². The lowest BCUT2D eigenvalue weighted by atomic mass is 10.2. The summed E-state index contributed by atoms with van der Waals surface area (Å²) in [7, 11) is 0. The molecule has 1 heterocycles. The van der Waals surface area contributed by atoms with E-state index < -0.39 is 0 Å². The van der Waals surface area contributed by atoms with Gasteiger partial charge in [-0.2, -0.15) is 0 Å². The number of hydrogen-bond acceptors (Lipinski definition) is 3. The number of halogens is 1. The topological polar surface area (TPSA) is 34.9 Å². The molecule has 0 spiro atoms. The van der Waals surface area contributed by atoms with Crippen LogP contribution in [0, 0.1) is 0 Å². The number of nitrogens with zero attached hydrogens (tertiary/aromatic N) is 2. The summed E-state index contributed by atoms with van der Waals surface area (Å²) in [5, 5.41) is 0.604. The third-order valence-corrected chi connectivity index (χ3v) is 5.70. The van der Waals surface area contributed by atoms with Gasteiger partial charge >= 0.3 is 0 Å². The molecule has 0 saturated carbocycles. The molecule has 0 aliphatic rings. The highest BCUT2D eigenvalue weighted by Gasteiger charge is 2.10. The molecular weight excluding hydrogens is 432 g/mol. The van der Waals surface area contributed by atoms with E-state index in [9.17, 15) is 4.79 Å². The van der Waals surface area contributed by atoms with Crippen molar-refractivity contribution in [3.05, 3.63) is 99.0 Å². The quantitative estimate of drug-likeness (QED) is 0.357. The van der Waals surface area contributed by atoms with Gasteiger partial charge in [-0.05, 0) is 66.4 Å². The number of rotatable bonds is 4. The Bertz CT molecular complexity index is 1210. The van der Waals surface area contributed by atoms with E-state index in [4.69, 9.17) is 4.98 Å². The molecule has 0 aliphatic heterocycles. The average molecular weight is 449 g/mol. The second-order valence-electron chi connectivity index (χ2n) is 6.21. The van der Waals surface area contributed by atoms with Gasteiger partial charge in [0.25, 0.3) is 5.56 Å². The first-order valence-corrected chi connectivity index (χ1v) is 10.8. The predicted octanol–water partition coefficient (Wildman–Crippen LogP) is 6.04. The Labute approximate surface area is 175 Å². The van der Waals surface area contributed by atoms with Crippen LogP contribution in [-0.2, 0) is 0 Å². The van der Waals surface area contributed by atoms with Crippen LogP contribution in [0.5, 0.6) is 0 Å². The molecule has 5 heteroatoms. The van der Waals surface area contributed by atoms with Crippen molar-refractivity contribution in [1.82, 2.24) is 9.55 Å². The SMILES string of the molecule is CSc1ccc(C=Cc2nc3ccccc3c(=O)n2-c2ccc(Br)cc2)cc1. The standard InChI is InChI=1S/C23H17BrN2OS/c1-28-19-13-6-16(7-14-19)8-15-22-25-21-5-3-2-4-20(21)23(27)26(22)18-11-9-17(24)10-12-18/h2-15H,1H3. The maximum absolute atomic E-state index is 13.2. The maximum Gasteiger partial charge on any atom is 0.266 e. The monoisotopic (exact) mass is 448 g/mol. The summed E-state index contributed by atoms with van der Waals surface area (Å²) in [6.45, 7) is 0. The van der Waals surface area contributed by atoms with Gasteiger partial charge in [0.1, 0.15) is 5.82 Å². The smallest absolute Gasteiger partial charge is 0.266 e. The zero-order valence-corrected chi connectivity index (χ0v) is 17.6. The zero-order valence-electron chi connectivity index (χ0n) is 15.2. The van der Waals surface area contributed by atoms with E-state index in [0.29, 0.717) is 16.7 Å². The Hall–Kier alpha value is -2.63. The van der Waals surface area contributed by atoms with Gasteiger partial charge in [0.05, 0.1) is 16.6 Å². The van der Waals surface area contributed by atoms with Gasteiger partial charge in [-0.15, -0.1) is 11.8 Å². The summed E-state index contributed by atoms with van der Waals surface area (Å²) in [6, 6.07) is 23.4. The van der Waals surface area contributed by atoms with Crippen LogP contribution in [0.4, 0.5) is 0 Å². The summed E-state index contributed by atoms with van der Waals surface area (Å²) in [5.41, 5.74) is 2.45. The van der Waals surface area contributed by atoms with Gasteiger partial charge in [0.2, 0.25) is 0 Å². The molecule has 4 rings (SSSR count). The summed E-state index contributed by atoms with van der Waals surface area (Å²) < 4.78 is 2.62. The Kier molecular flexibility index (Phi) is 5.46. The molecular formula is C23H17BrN2OS. The van der Waals surface area contributed by atoms with Crippen molar-refractivity contribution < 1.29 is 0 Å². The summed E-state index contributed by atoms with van der Waals surface area (Å²) in [4.78, 5) is 19.2. The van der Waals surface area contributed by atoms with Gasteiger partial charge in [-0.3, -0.25) is 9.36 Å². The fraction of sp³-hybridized carbons (Fsp3) is 0.0435. The predicted molar refractivity (Wildman–Crippen MR) is 122 cm³/mol. The number of fused-ring (bicyclic) bond motifs is 1. The second kappa shape index (κ2) is 8.17. The van der Waals surface area contributed by atoms with Crippen molar-refractivity contribution in [2.45, 2.75) is 4.90 Å². The molecule has 0 unspecified atom stereocenters. The molecule has 0 radical (unpaired) electrons. The van der Waals surface area contributed by atoms with Gasteiger partial charge in [-0.25, -0.2) is 4.98 Å². The van der Waals surface area contributed by atoms with Crippen molar-refractivity contribution in [3.63, 3.8) is 0 Å². The third-order valence-electron chi connectivity index (χ3n) is 4.43. The minimum absolute atomic E-state index is 0.0784. The number of hydrogen-bond donors (Lipinski definition) is 0. The average Bonchev–Trinajstić information content (AvgIpc) is 2.74. The lowest BCUT2D eigenvalue weighted by molar-refractivity contribution is 0.943. The highest BCUT2D eigenvalue weighted by Crippen LogP contribution is 2.19. The van der Waals surface area contributed by atoms with E-state index in [1.54, 1.807) is 16.3 Å². The first-order valence-electron chi connectivity index (χ1n) is 8.75. The molecule has 0 N–H and O–H groups in total. The van der Waals surface area contributed by atoms with Crippen LogP contribution in [-0.4, -0.2) is 15.8 Å². The van der Waals surface area contributed by atoms with Crippen LogP contribution in [0.3, 0.4) is 0 Å². The van der Waals surface area contributed by atoms with Gasteiger partial charge in [0.15, 0.2) is 0 Å². The Morgan fingerprint density at radius 3 is 2.36 bits per heavy atom. The van der Waals surface area contributed by atoms with Crippen molar-refractivity contribution in [2.75, 3.05) is 6.26 Å². The minimum atomic E-state index is -0.0784.